The van der Waals surface area contributed by atoms with Crippen LogP contribution in [0.25, 0.3) is 109 Å². The van der Waals surface area contributed by atoms with E-state index in [9.17, 15) is 0 Å². The number of nitrogens with zero attached hydrogens (tertiary/aromatic N) is 1. The summed E-state index contributed by atoms with van der Waals surface area (Å²) in [5.74, 6) is 0. The van der Waals surface area contributed by atoms with E-state index in [1.54, 1.807) is 0 Å². The van der Waals surface area contributed by atoms with E-state index < -0.39 is 0 Å². The molecule has 0 aliphatic rings. The summed E-state index contributed by atoms with van der Waals surface area (Å²) in [5.41, 5.74) is 10.8. The zero-order chi connectivity index (χ0) is 35.6. The molecule has 1 nitrogen and oxygen atoms in total. The Hall–Kier alpha value is -7.09. The monoisotopic (exact) mass is 683 g/mol. The zero-order valence-corrected chi connectivity index (χ0v) is 29.5. The molecule has 250 valence electrons. The second-order valence-corrected chi connectivity index (χ2v) is 14.2. The number of pyridine rings is 1. The van der Waals surface area contributed by atoms with Crippen molar-refractivity contribution in [2.75, 3.05) is 0 Å². The third-order valence-corrected chi connectivity index (χ3v) is 11.3. The fourth-order valence-electron chi connectivity index (χ4n) is 8.84. The Morgan fingerprint density at radius 2 is 0.759 bits per heavy atom. The minimum atomic E-state index is 1.04. The molecule has 0 spiro atoms. The number of hydrogen-bond donors (Lipinski definition) is 0. The molecule has 0 N–H and O–H groups in total. The molecule has 11 rings (SSSR count). The minimum Gasteiger partial charge on any atom is -0.256 e. The normalized spacial score (nSPS) is 11.7. The topological polar surface area (TPSA) is 12.9 Å². The molecule has 0 amide bonds. The van der Waals surface area contributed by atoms with Gasteiger partial charge in [0.2, 0.25) is 0 Å². The van der Waals surface area contributed by atoms with E-state index in [2.05, 4.69) is 188 Å². The van der Waals surface area contributed by atoms with Crippen molar-refractivity contribution in [3.63, 3.8) is 0 Å². The van der Waals surface area contributed by atoms with E-state index in [1.165, 1.54) is 98.4 Å². The van der Waals surface area contributed by atoms with Crippen molar-refractivity contribution in [1.82, 2.24) is 4.98 Å². The molecule has 10 aromatic carbocycles. The first-order chi connectivity index (χ1) is 26.8. The van der Waals surface area contributed by atoms with E-state index in [0.29, 0.717) is 0 Å². The van der Waals surface area contributed by atoms with Crippen molar-refractivity contribution in [3.8, 4) is 44.5 Å². The molecule has 0 saturated carbocycles. The lowest BCUT2D eigenvalue weighted by Gasteiger charge is -2.20. The summed E-state index contributed by atoms with van der Waals surface area (Å²) in [6.07, 6.45) is 1.90. The van der Waals surface area contributed by atoms with Gasteiger partial charge in [-0.3, -0.25) is 4.98 Å². The van der Waals surface area contributed by atoms with Crippen LogP contribution in [0.4, 0.5) is 0 Å². The van der Waals surface area contributed by atoms with Crippen LogP contribution in [0.1, 0.15) is 0 Å². The summed E-state index contributed by atoms with van der Waals surface area (Å²) in [6.45, 7) is 0. The zero-order valence-electron chi connectivity index (χ0n) is 29.5. The van der Waals surface area contributed by atoms with Gasteiger partial charge in [0, 0.05) is 17.0 Å². The third-order valence-electron chi connectivity index (χ3n) is 11.3. The van der Waals surface area contributed by atoms with Crippen molar-refractivity contribution in [3.05, 3.63) is 200 Å². The number of rotatable bonds is 4. The first kappa shape index (κ1) is 30.5. The van der Waals surface area contributed by atoms with Crippen LogP contribution in [0.15, 0.2) is 200 Å². The molecule has 1 heteroatoms. The number of fused-ring (bicyclic) bond motifs is 7. The summed E-state index contributed by atoms with van der Waals surface area (Å²) >= 11 is 0. The second kappa shape index (κ2) is 12.3. The predicted octanol–water partition coefficient (Wildman–Crippen LogP) is 14.7. The molecule has 1 heterocycles. The quantitative estimate of drug-likeness (QED) is 0.133. The molecule has 0 aliphatic heterocycles. The molecule has 54 heavy (non-hydrogen) atoms. The number of aromatic nitrogens is 1. The first-order valence-electron chi connectivity index (χ1n) is 18.6. The smallest absolute Gasteiger partial charge is 0.0786 e. The number of benzene rings is 10. The predicted molar refractivity (Wildman–Crippen MR) is 231 cm³/mol. The lowest BCUT2D eigenvalue weighted by molar-refractivity contribution is 1.43. The molecular formula is C53H33N. The van der Waals surface area contributed by atoms with Crippen molar-refractivity contribution >= 4 is 64.8 Å². The molecule has 0 bridgehead atoms. The summed E-state index contributed by atoms with van der Waals surface area (Å²) < 4.78 is 0. The van der Waals surface area contributed by atoms with E-state index >= 15 is 0 Å². The summed E-state index contributed by atoms with van der Waals surface area (Å²) in [6, 6.07) is 71.2. The van der Waals surface area contributed by atoms with Gasteiger partial charge in [-0.15, -0.1) is 0 Å². The van der Waals surface area contributed by atoms with E-state index in [1.807, 2.05) is 12.3 Å². The maximum absolute atomic E-state index is 4.85. The van der Waals surface area contributed by atoms with Crippen LogP contribution >= 0.6 is 0 Å². The summed E-state index contributed by atoms with van der Waals surface area (Å²) in [4.78, 5) is 4.85. The first-order valence-corrected chi connectivity index (χ1v) is 18.6. The molecule has 0 aliphatic carbocycles. The van der Waals surface area contributed by atoms with Crippen LogP contribution in [-0.4, -0.2) is 4.98 Å². The molecule has 0 fully saturated rings. The maximum Gasteiger partial charge on any atom is 0.0786 e. The van der Waals surface area contributed by atoms with Crippen LogP contribution in [-0.2, 0) is 0 Å². The molecule has 11 aromatic rings. The van der Waals surface area contributed by atoms with E-state index in [-0.39, 0.29) is 0 Å². The summed E-state index contributed by atoms with van der Waals surface area (Å²) in [5, 5.41) is 13.6. The third kappa shape index (κ3) is 4.76. The standard InChI is InChI=1S/C53H33N/c1-4-20-40-34(13-1)16-10-25-43(40)51-45-23-7-8-24-46(45)52(44-26-11-17-35-14-2-5-21-41(35)44)50-32-37(28-29-47(50)51)36-18-9-19-38(31-36)49-33-39-15-3-6-22-42(39)53-48(49)27-12-30-54-53/h1-33H. The Kier molecular flexibility index (Phi) is 6.93. The molecule has 0 saturated heterocycles. The highest BCUT2D eigenvalue weighted by Crippen LogP contribution is 2.47. The Bertz CT molecular complexity index is 3270. The van der Waals surface area contributed by atoms with Gasteiger partial charge < -0.3 is 0 Å². The van der Waals surface area contributed by atoms with Crippen LogP contribution in [0.2, 0.25) is 0 Å². The van der Waals surface area contributed by atoms with Crippen molar-refractivity contribution in [2.24, 2.45) is 0 Å². The fraction of sp³-hybridized carbons (Fsp3) is 0. The van der Waals surface area contributed by atoms with Gasteiger partial charge in [-0.1, -0.05) is 170 Å². The van der Waals surface area contributed by atoms with Gasteiger partial charge in [0.15, 0.2) is 0 Å². The Labute approximate surface area is 313 Å². The van der Waals surface area contributed by atoms with Crippen LogP contribution < -0.4 is 0 Å². The Morgan fingerprint density at radius 1 is 0.259 bits per heavy atom. The molecule has 1 aromatic heterocycles. The fourth-order valence-corrected chi connectivity index (χ4v) is 8.84. The van der Waals surface area contributed by atoms with Crippen molar-refractivity contribution in [1.29, 1.82) is 0 Å². The van der Waals surface area contributed by atoms with Crippen LogP contribution in [0.3, 0.4) is 0 Å². The van der Waals surface area contributed by atoms with E-state index in [0.717, 1.165) is 10.9 Å². The lowest BCUT2D eigenvalue weighted by Crippen LogP contribution is -1.93. The van der Waals surface area contributed by atoms with Gasteiger partial charge in [0.05, 0.1) is 5.52 Å². The van der Waals surface area contributed by atoms with Gasteiger partial charge in [-0.25, -0.2) is 0 Å². The molecule has 0 unspecified atom stereocenters. The van der Waals surface area contributed by atoms with Gasteiger partial charge in [0.1, 0.15) is 0 Å². The van der Waals surface area contributed by atoms with Gasteiger partial charge in [-0.2, -0.15) is 0 Å². The highest BCUT2D eigenvalue weighted by Gasteiger charge is 2.20. The molecule has 0 radical (unpaired) electrons. The van der Waals surface area contributed by atoms with Crippen molar-refractivity contribution in [2.45, 2.75) is 0 Å². The minimum absolute atomic E-state index is 1.04. The van der Waals surface area contributed by atoms with Gasteiger partial charge >= 0.3 is 0 Å². The SMILES string of the molecule is c1cc(-c2ccc3c(-c4cccc5ccccc45)c4ccccc4c(-c4cccc5ccccc45)c3c2)cc(-c2cc3ccccc3c3ncccc23)c1. The summed E-state index contributed by atoms with van der Waals surface area (Å²) in [7, 11) is 0. The Morgan fingerprint density at radius 3 is 1.46 bits per heavy atom. The molecule has 0 atom stereocenters. The molecular weight excluding hydrogens is 651 g/mol. The van der Waals surface area contributed by atoms with Gasteiger partial charge in [-0.05, 0) is 117 Å². The highest BCUT2D eigenvalue weighted by atomic mass is 14.6. The Balaban J connectivity index is 1.21. The lowest BCUT2D eigenvalue weighted by atomic mass is 9.82. The number of hydrogen-bond acceptors (Lipinski definition) is 1. The van der Waals surface area contributed by atoms with Crippen LogP contribution in [0.5, 0.6) is 0 Å². The van der Waals surface area contributed by atoms with Crippen molar-refractivity contribution < 1.29 is 0 Å². The van der Waals surface area contributed by atoms with Crippen LogP contribution in [0, 0.1) is 0 Å². The largest absolute Gasteiger partial charge is 0.256 e. The second-order valence-electron chi connectivity index (χ2n) is 14.2. The van der Waals surface area contributed by atoms with Gasteiger partial charge in [0.25, 0.3) is 0 Å². The van der Waals surface area contributed by atoms with E-state index in [4.69, 9.17) is 4.98 Å². The average molecular weight is 684 g/mol. The average Bonchev–Trinajstić information content (AvgIpc) is 3.25. The maximum atomic E-state index is 4.85. The highest BCUT2D eigenvalue weighted by molar-refractivity contribution is 6.25.